The molecule has 0 amide bonds. The zero-order chi connectivity index (χ0) is 26.2. The van der Waals surface area contributed by atoms with Crippen molar-refractivity contribution < 1.29 is 14.6 Å². The van der Waals surface area contributed by atoms with Gasteiger partial charge in [-0.2, -0.15) is 0 Å². The average molecular weight is 511 g/mol. The molecule has 36 heavy (non-hydrogen) atoms. The van der Waals surface area contributed by atoms with E-state index in [-0.39, 0.29) is 12.9 Å². The molecule has 3 heteroatoms. The van der Waals surface area contributed by atoms with Crippen LogP contribution in [0, 0.1) is 0 Å². The molecule has 0 radical (unpaired) electrons. The van der Waals surface area contributed by atoms with Crippen LogP contribution in [0.15, 0.2) is 12.2 Å². The molecule has 0 aromatic heterocycles. The first kappa shape index (κ1) is 35.6. The standard InChI is InChI=1S/C33H66O3/c1-3-5-7-9-19-23-27-31-35-33(36-32-28-24-20-10-8-6-4-2)29-25-21-17-15-13-11-12-14-16-18-22-26-30-34/h18,22,33-34H,3-17,19-21,23-32H2,1-2H3/b22-18-. The maximum atomic E-state index is 8.77. The van der Waals surface area contributed by atoms with Crippen molar-refractivity contribution in [2.24, 2.45) is 0 Å². The Morgan fingerprint density at radius 2 is 0.861 bits per heavy atom. The fraction of sp³-hybridized carbons (Fsp3) is 0.939. The fourth-order valence-corrected chi connectivity index (χ4v) is 4.71. The van der Waals surface area contributed by atoms with Crippen LogP contribution in [-0.2, 0) is 9.47 Å². The van der Waals surface area contributed by atoms with Crippen molar-refractivity contribution in [3.63, 3.8) is 0 Å². The summed E-state index contributed by atoms with van der Waals surface area (Å²) in [5.74, 6) is 0. The van der Waals surface area contributed by atoms with Crippen LogP contribution >= 0.6 is 0 Å². The normalized spacial score (nSPS) is 11.9. The van der Waals surface area contributed by atoms with Crippen molar-refractivity contribution in [2.75, 3.05) is 19.8 Å². The van der Waals surface area contributed by atoms with Gasteiger partial charge in [-0.15, -0.1) is 0 Å². The van der Waals surface area contributed by atoms with Crippen LogP contribution in [0.5, 0.6) is 0 Å². The van der Waals surface area contributed by atoms with E-state index >= 15 is 0 Å². The Bertz CT molecular complexity index is 390. The number of aliphatic hydroxyl groups is 1. The minimum Gasteiger partial charge on any atom is -0.396 e. The summed E-state index contributed by atoms with van der Waals surface area (Å²) in [7, 11) is 0. The number of rotatable bonds is 31. The Kier molecular flexibility index (Phi) is 32.3. The largest absolute Gasteiger partial charge is 0.396 e. The Morgan fingerprint density at radius 3 is 1.33 bits per heavy atom. The van der Waals surface area contributed by atoms with Gasteiger partial charge in [0.15, 0.2) is 6.29 Å². The molecule has 0 rings (SSSR count). The van der Waals surface area contributed by atoms with E-state index < -0.39 is 0 Å². The molecule has 0 bridgehead atoms. The fourth-order valence-electron chi connectivity index (χ4n) is 4.71. The van der Waals surface area contributed by atoms with E-state index in [2.05, 4.69) is 26.0 Å². The van der Waals surface area contributed by atoms with Crippen molar-refractivity contribution in [3.8, 4) is 0 Å². The lowest BCUT2D eigenvalue weighted by atomic mass is 10.1. The Labute approximate surface area is 227 Å². The van der Waals surface area contributed by atoms with E-state index in [1.807, 2.05) is 0 Å². The van der Waals surface area contributed by atoms with Crippen LogP contribution in [0.25, 0.3) is 0 Å². The molecule has 0 spiro atoms. The number of ether oxygens (including phenoxy) is 2. The van der Waals surface area contributed by atoms with Crippen molar-refractivity contribution in [3.05, 3.63) is 12.2 Å². The highest BCUT2D eigenvalue weighted by molar-refractivity contribution is 4.80. The van der Waals surface area contributed by atoms with Crippen LogP contribution in [0.1, 0.15) is 174 Å². The second-order valence-corrected chi connectivity index (χ2v) is 10.8. The van der Waals surface area contributed by atoms with Gasteiger partial charge in [0.1, 0.15) is 0 Å². The first-order valence-electron chi connectivity index (χ1n) is 16.3. The third-order valence-corrected chi connectivity index (χ3v) is 7.13. The lowest BCUT2D eigenvalue weighted by molar-refractivity contribution is -0.148. The van der Waals surface area contributed by atoms with Gasteiger partial charge in [-0.25, -0.2) is 0 Å². The van der Waals surface area contributed by atoms with E-state index in [4.69, 9.17) is 14.6 Å². The summed E-state index contributed by atoms with van der Waals surface area (Å²) < 4.78 is 12.4. The van der Waals surface area contributed by atoms with Crippen molar-refractivity contribution in [1.82, 2.24) is 0 Å². The van der Waals surface area contributed by atoms with Crippen LogP contribution in [0.2, 0.25) is 0 Å². The monoisotopic (exact) mass is 511 g/mol. The van der Waals surface area contributed by atoms with E-state index in [9.17, 15) is 0 Å². The molecule has 0 saturated heterocycles. The van der Waals surface area contributed by atoms with Crippen molar-refractivity contribution in [1.29, 1.82) is 0 Å². The second-order valence-electron chi connectivity index (χ2n) is 10.8. The van der Waals surface area contributed by atoms with Crippen molar-refractivity contribution >= 4 is 0 Å². The molecule has 3 nitrogen and oxygen atoms in total. The van der Waals surface area contributed by atoms with Gasteiger partial charge in [0.05, 0.1) is 0 Å². The smallest absolute Gasteiger partial charge is 0.157 e. The second kappa shape index (κ2) is 32.6. The van der Waals surface area contributed by atoms with Gasteiger partial charge < -0.3 is 14.6 Å². The van der Waals surface area contributed by atoms with Crippen LogP contribution in [0.4, 0.5) is 0 Å². The maximum Gasteiger partial charge on any atom is 0.157 e. The molecule has 0 atom stereocenters. The van der Waals surface area contributed by atoms with Crippen LogP contribution in [0.3, 0.4) is 0 Å². The lowest BCUT2D eigenvalue weighted by Crippen LogP contribution is -2.19. The zero-order valence-corrected chi connectivity index (χ0v) is 24.8. The van der Waals surface area contributed by atoms with Crippen LogP contribution < -0.4 is 0 Å². The molecule has 0 unspecified atom stereocenters. The van der Waals surface area contributed by atoms with Gasteiger partial charge in [0.25, 0.3) is 0 Å². The third-order valence-electron chi connectivity index (χ3n) is 7.13. The van der Waals surface area contributed by atoms with Crippen molar-refractivity contribution in [2.45, 2.75) is 181 Å². The molecule has 1 N–H and O–H groups in total. The molecule has 0 aromatic rings. The summed E-state index contributed by atoms with van der Waals surface area (Å²) >= 11 is 0. The minimum atomic E-state index is 0.0177. The summed E-state index contributed by atoms with van der Waals surface area (Å²) in [6, 6.07) is 0. The van der Waals surface area contributed by atoms with Gasteiger partial charge in [0.2, 0.25) is 0 Å². The molecule has 0 fully saturated rings. The number of hydrogen-bond acceptors (Lipinski definition) is 3. The minimum absolute atomic E-state index is 0.0177. The lowest BCUT2D eigenvalue weighted by Gasteiger charge is -2.19. The molecule has 0 aromatic carbocycles. The molecular weight excluding hydrogens is 444 g/mol. The highest BCUT2D eigenvalue weighted by Crippen LogP contribution is 2.15. The van der Waals surface area contributed by atoms with Gasteiger partial charge in [-0.05, 0) is 44.9 Å². The zero-order valence-electron chi connectivity index (χ0n) is 24.8. The number of unbranched alkanes of at least 4 members (excludes halogenated alkanes) is 20. The Hall–Kier alpha value is -0.380. The summed E-state index contributed by atoms with van der Waals surface area (Å²) in [6.45, 7) is 6.57. The molecule has 0 heterocycles. The van der Waals surface area contributed by atoms with E-state index in [0.29, 0.717) is 0 Å². The number of hydrogen-bond donors (Lipinski definition) is 1. The highest BCUT2D eigenvalue weighted by Gasteiger charge is 2.09. The number of allylic oxidation sites excluding steroid dienone is 1. The SMILES string of the molecule is CCCCCCCCCOC(CCCCCCCCCC/C=C\CCO)OCCCCCCCCC. The molecule has 0 saturated carbocycles. The molecule has 0 aliphatic rings. The quantitative estimate of drug-likeness (QED) is 0.0572. The van der Waals surface area contributed by atoms with E-state index in [1.165, 1.54) is 148 Å². The Balaban J connectivity index is 3.83. The van der Waals surface area contributed by atoms with Crippen LogP contribution in [-0.4, -0.2) is 31.2 Å². The molecule has 216 valence electrons. The summed E-state index contributed by atoms with van der Waals surface area (Å²) in [6.07, 6.45) is 36.6. The first-order valence-corrected chi connectivity index (χ1v) is 16.3. The average Bonchev–Trinajstić information content (AvgIpc) is 2.89. The highest BCUT2D eigenvalue weighted by atomic mass is 16.7. The third kappa shape index (κ3) is 29.8. The van der Waals surface area contributed by atoms with Gasteiger partial charge in [-0.1, -0.05) is 142 Å². The van der Waals surface area contributed by atoms with Gasteiger partial charge in [-0.3, -0.25) is 0 Å². The topological polar surface area (TPSA) is 38.7 Å². The Morgan fingerprint density at radius 1 is 0.472 bits per heavy atom. The first-order chi connectivity index (χ1) is 17.8. The molecular formula is C33H66O3. The predicted octanol–water partition coefficient (Wildman–Crippen LogP) is 10.7. The summed E-state index contributed by atoms with van der Waals surface area (Å²) in [4.78, 5) is 0. The predicted molar refractivity (Wildman–Crippen MR) is 159 cm³/mol. The van der Waals surface area contributed by atoms with Gasteiger partial charge in [0, 0.05) is 19.8 Å². The maximum absolute atomic E-state index is 8.77. The number of aliphatic hydroxyl groups excluding tert-OH is 1. The van der Waals surface area contributed by atoms with Gasteiger partial charge >= 0.3 is 0 Å². The van der Waals surface area contributed by atoms with E-state index in [1.54, 1.807) is 0 Å². The molecule has 0 aliphatic carbocycles. The van der Waals surface area contributed by atoms with E-state index in [0.717, 1.165) is 26.1 Å². The molecule has 0 aliphatic heterocycles. The summed E-state index contributed by atoms with van der Waals surface area (Å²) in [5, 5.41) is 8.77. The summed E-state index contributed by atoms with van der Waals surface area (Å²) in [5.41, 5.74) is 0.